The first kappa shape index (κ1) is 11.6. The summed E-state index contributed by atoms with van der Waals surface area (Å²) in [5.41, 5.74) is 1.26. The van der Waals surface area contributed by atoms with Gasteiger partial charge in [-0.3, -0.25) is 4.79 Å². The molecule has 2 bridgehead atoms. The first-order valence-corrected chi connectivity index (χ1v) is 6.69. The largest absolute Gasteiger partial charge is 0.469 e. The molecule has 0 aromatic heterocycles. The Balaban J connectivity index is 1.82. The molecule has 0 aromatic rings. The Bertz CT molecular complexity index is 436. The molecule has 3 aliphatic rings. The fourth-order valence-corrected chi connectivity index (χ4v) is 3.92. The molecular weight excluding hydrogens is 226 g/mol. The lowest BCUT2D eigenvalue weighted by atomic mass is 9.87. The highest BCUT2D eigenvalue weighted by atomic mass is 16.5. The van der Waals surface area contributed by atoms with Crippen LogP contribution in [0.3, 0.4) is 0 Å². The van der Waals surface area contributed by atoms with E-state index in [4.69, 9.17) is 4.74 Å². The molecule has 2 aliphatic carbocycles. The van der Waals surface area contributed by atoms with Gasteiger partial charge < -0.3 is 10.1 Å². The number of esters is 1. The number of nitrogens with one attached hydrogen (secondary N) is 1. The Morgan fingerprint density at radius 2 is 2.22 bits per heavy atom. The third-order valence-electron chi connectivity index (χ3n) is 4.62. The van der Waals surface area contributed by atoms with E-state index in [9.17, 15) is 4.79 Å². The standard InChI is InChI=1S/C15H19NO2/c1-18-15(17)12-9-10-6-7-11(12)14(10)13-5-3-2-4-8-16-13/h2-5,8,10-12,14,16H,6-7,9H2,1H3. The number of carbonyl (C=O) groups excluding carboxylic acids is 1. The maximum absolute atomic E-state index is 11.8. The van der Waals surface area contributed by atoms with Crippen LogP contribution in [0.1, 0.15) is 19.3 Å². The summed E-state index contributed by atoms with van der Waals surface area (Å²) in [5, 5.41) is 3.37. The number of methoxy groups -OCH3 is 1. The van der Waals surface area contributed by atoms with Gasteiger partial charge in [-0.15, -0.1) is 0 Å². The Morgan fingerprint density at radius 1 is 1.33 bits per heavy atom. The van der Waals surface area contributed by atoms with Crippen LogP contribution in [0.4, 0.5) is 0 Å². The minimum Gasteiger partial charge on any atom is -0.469 e. The van der Waals surface area contributed by atoms with Gasteiger partial charge in [0.05, 0.1) is 13.0 Å². The molecule has 2 saturated carbocycles. The van der Waals surface area contributed by atoms with Crippen molar-refractivity contribution in [1.29, 1.82) is 0 Å². The Kier molecular flexibility index (Phi) is 2.98. The van der Waals surface area contributed by atoms with Gasteiger partial charge in [0, 0.05) is 17.8 Å². The molecule has 1 aliphatic heterocycles. The predicted octanol–water partition coefficient (Wildman–Crippen LogP) is 2.38. The highest BCUT2D eigenvalue weighted by molar-refractivity contribution is 5.73. The van der Waals surface area contributed by atoms with Gasteiger partial charge in [0.25, 0.3) is 0 Å². The van der Waals surface area contributed by atoms with E-state index in [1.54, 1.807) is 0 Å². The van der Waals surface area contributed by atoms with Crippen LogP contribution in [0.5, 0.6) is 0 Å². The SMILES string of the molecule is COC(=O)C1CC2CCC1C2C1=CC=CC=CN1. The highest BCUT2D eigenvalue weighted by Crippen LogP contribution is 2.55. The van der Waals surface area contributed by atoms with Crippen molar-refractivity contribution in [3.63, 3.8) is 0 Å². The smallest absolute Gasteiger partial charge is 0.308 e. The number of fused-ring (bicyclic) bond motifs is 2. The van der Waals surface area contributed by atoms with E-state index in [0.29, 0.717) is 17.8 Å². The fraction of sp³-hybridized carbons (Fsp3) is 0.533. The minimum atomic E-state index is -0.0208. The maximum atomic E-state index is 11.8. The molecule has 0 saturated heterocycles. The van der Waals surface area contributed by atoms with Crippen molar-refractivity contribution in [2.24, 2.45) is 23.7 Å². The van der Waals surface area contributed by atoms with Crippen molar-refractivity contribution < 1.29 is 9.53 Å². The number of rotatable bonds is 2. The normalized spacial score (nSPS) is 37.1. The summed E-state index contributed by atoms with van der Waals surface area (Å²) in [6.07, 6.45) is 13.6. The van der Waals surface area contributed by atoms with E-state index >= 15 is 0 Å². The van der Waals surface area contributed by atoms with E-state index in [1.807, 2.05) is 18.4 Å². The summed E-state index contributed by atoms with van der Waals surface area (Å²) in [6.45, 7) is 0. The first-order chi connectivity index (χ1) is 8.81. The van der Waals surface area contributed by atoms with Crippen molar-refractivity contribution in [1.82, 2.24) is 5.32 Å². The molecule has 2 fully saturated rings. The van der Waals surface area contributed by atoms with Gasteiger partial charge in [0.1, 0.15) is 0 Å². The van der Waals surface area contributed by atoms with Gasteiger partial charge in [0.2, 0.25) is 0 Å². The summed E-state index contributed by atoms with van der Waals surface area (Å²) >= 11 is 0. The van der Waals surface area contributed by atoms with Crippen LogP contribution in [0, 0.1) is 23.7 Å². The Morgan fingerprint density at radius 3 is 3.06 bits per heavy atom. The van der Waals surface area contributed by atoms with E-state index in [0.717, 1.165) is 12.8 Å². The Hall–Kier alpha value is -1.51. The van der Waals surface area contributed by atoms with Crippen LogP contribution in [0.25, 0.3) is 0 Å². The minimum absolute atomic E-state index is 0.0208. The van der Waals surface area contributed by atoms with Crippen molar-refractivity contribution in [3.8, 4) is 0 Å². The molecule has 18 heavy (non-hydrogen) atoms. The fourth-order valence-electron chi connectivity index (χ4n) is 3.92. The van der Waals surface area contributed by atoms with Gasteiger partial charge in [-0.05, 0) is 43.3 Å². The van der Waals surface area contributed by atoms with Gasteiger partial charge >= 0.3 is 5.97 Å². The summed E-state index contributed by atoms with van der Waals surface area (Å²) in [5.74, 6) is 1.69. The van der Waals surface area contributed by atoms with Crippen LogP contribution in [0.15, 0.2) is 36.2 Å². The number of allylic oxidation sites excluding steroid dienone is 5. The molecule has 0 aromatic carbocycles. The zero-order valence-electron chi connectivity index (χ0n) is 10.6. The molecular formula is C15H19NO2. The maximum Gasteiger partial charge on any atom is 0.308 e. The van der Waals surface area contributed by atoms with Crippen molar-refractivity contribution in [2.75, 3.05) is 7.11 Å². The first-order valence-electron chi connectivity index (χ1n) is 6.69. The molecule has 4 atom stereocenters. The summed E-state index contributed by atoms with van der Waals surface area (Å²) < 4.78 is 4.94. The predicted molar refractivity (Wildman–Crippen MR) is 69.3 cm³/mol. The average Bonchev–Trinajstić information content (AvgIpc) is 2.85. The summed E-state index contributed by atoms with van der Waals surface area (Å²) in [7, 11) is 1.50. The lowest BCUT2D eigenvalue weighted by molar-refractivity contribution is -0.147. The van der Waals surface area contributed by atoms with Crippen LogP contribution >= 0.6 is 0 Å². The zero-order valence-corrected chi connectivity index (χ0v) is 10.6. The van der Waals surface area contributed by atoms with E-state index < -0.39 is 0 Å². The quantitative estimate of drug-likeness (QED) is 0.759. The van der Waals surface area contributed by atoms with E-state index in [2.05, 4.69) is 17.5 Å². The molecule has 3 nitrogen and oxygen atoms in total. The lowest BCUT2D eigenvalue weighted by Gasteiger charge is -2.21. The molecule has 1 N–H and O–H groups in total. The summed E-state index contributed by atoms with van der Waals surface area (Å²) in [6, 6.07) is 0. The van der Waals surface area contributed by atoms with Gasteiger partial charge in [-0.1, -0.05) is 12.2 Å². The average molecular weight is 245 g/mol. The highest BCUT2D eigenvalue weighted by Gasteiger charge is 2.52. The van der Waals surface area contributed by atoms with Crippen LogP contribution < -0.4 is 5.32 Å². The van der Waals surface area contributed by atoms with E-state index in [-0.39, 0.29) is 11.9 Å². The molecule has 4 unspecified atom stereocenters. The second-order valence-corrected chi connectivity index (χ2v) is 5.40. The van der Waals surface area contributed by atoms with Crippen molar-refractivity contribution >= 4 is 5.97 Å². The number of ether oxygens (including phenoxy) is 1. The molecule has 0 radical (unpaired) electrons. The molecule has 0 spiro atoms. The third-order valence-corrected chi connectivity index (χ3v) is 4.62. The molecule has 3 rings (SSSR count). The van der Waals surface area contributed by atoms with Gasteiger partial charge in [-0.25, -0.2) is 0 Å². The molecule has 1 heterocycles. The van der Waals surface area contributed by atoms with Crippen molar-refractivity contribution in [2.45, 2.75) is 19.3 Å². The van der Waals surface area contributed by atoms with E-state index in [1.165, 1.54) is 19.2 Å². The number of hydrogen-bond donors (Lipinski definition) is 1. The molecule has 3 heteroatoms. The van der Waals surface area contributed by atoms with Gasteiger partial charge in [-0.2, -0.15) is 0 Å². The number of carbonyl (C=O) groups is 1. The topological polar surface area (TPSA) is 38.3 Å². The summed E-state index contributed by atoms with van der Waals surface area (Å²) in [4.78, 5) is 11.8. The van der Waals surface area contributed by atoms with Crippen molar-refractivity contribution in [3.05, 3.63) is 36.2 Å². The lowest BCUT2D eigenvalue weighted by Crippen LogP contribution is -2.25. The van der Waals surface area contributed by atoms with Crippen LogP contribution in [-0.4, -0.2) is 13.1 Å². The molecule has 96 valence electrons. The second-order valence-electron chi connectivity index (χ2n) is 5.40. The van der Waals surface area contributed by atoms with Gasteiger partial charge in [0.15, 0.2) is 0 Å². The Labute approximate surface area is 108 Å². The monoisotopic (exact) mass is 245 g/mol. The zero-order chi connectivity index (χ0) is 12.5. The van der Waals surface area contributed by atoms with Crippen LogP contribution in [0.2, 0.25) is 0 Å². The third kappa shape index (κ3) is 1.78. The second kappa shape index (κ2) is 4.63. The molecule has 0 amide bonds. The number of hydrogen-bond acceptors (Lipinski definition) is 3. The van der Waals surface area contributed by atoms with Crippen LogP contribution in [-0.2, 0) is 9.53 Å².